The summed E-state index contributed by atoms with van der Waals surface area (Å²) in [6.45, 7) is 6.03. The van der Waals surface area contributed by atoms with Gasteiger partial charge in [0.1, 0.15) is 5.82 Å². The average molecular weight is 696 g/mol. The second kappa shape index (κ2) is 12.6. The minimum absolute atomic E-state index is 0.647. The van der Waals surface area contributed by atoms with Crippen molar-refractivity contribution >= 4 is 80.4 Å². The van der Waals surface area contributed by atoms with Gasteiger partial charge in [0.25, 0.3) is 0 Å². The molecular weight excluding hydrogens is 663 g/mol. The summed E-state index contributed by atoms with van der Waals surface area (Å²) in [5, 5.41) is 9.81. The highest BCUT2D eigenvalue weighted by molar-refractivity contribution is 7.26. The number of aromatic nitrogens is 3. The molecule has 0 saturated carbocycles. The average Bonchev–Trinajstić information content (AvgIpc) is 3.77. The van der Waals surface area contributed by atoms with Crippen molar-refractivity contribution in [2.45, 2.75) is 6.92 Å². The Hall–Kier alpha value is -6.62. The zero-order chi connectivity index (χ0) is 35.5. The van der Waals surface area contributed by atoms with Crippen LogP contribution in [0.1, 0.15) is 12.7 Å². The Kier molecular flexibility index (Phi) is 7.38. The van der Waals surface area contributed by atoms with Crippen LogP contribution in [0, 0.1) is 0 Å². The number of benzene rings is 7. The Morgan fingerprint density at radius 3 is 2.17 bits per heavy atom. The van der Waals surface area contributed by atoms with Crippen molar-refractivity contribution < 1.29 is 0 Å². The fourth-order valence-corrected chi connectivity index (χ4v) is 9.23. The molecule has 0 unspecified atom stereocenters. The molecule has 7 aromatic carbocycles. The molecule has 3 heterocycles. The van der Waals surface area contributed by atoms with Crippen molar-refractivity contribution in [3.63, 3.8) is 0 Å². The van der Waals surface area contributed by atoms with E-state index in [1.54, 1.807) is 6.08 Å². The Balaban J connectivity index is 1.43. The van der Waals surface area contributed by atoms with Gasteiger partial charge in [0.2, 0.25) is 0 Å². The number of thiophene rings is 1. The van der Waals surface area contributed by atoms with Gasteiger partial charge >= 0.3 is 0 Å². The first-order chi connectivity index (χ1) is 26.2. The van der Waals surface area contributed by atoms with Gasteiger partial charge in [-0.25, -0.2) is 9.97 Å². The summed E-state index contributed by atoms with van der Waals surface area (Å²) in [5.41, 5.74) is 7.54. The number of allylic oxidation sites excluding steroid dienone is 5. The molecule has 0 spiro atoms. The highest BCUT2D eigenvalue weighted by Crippen LogP contribution is 2.49. The molecule has 0 N–H and O–H groups in total. The molecule has 0 saturated heterocycles. The summed E-state index contributed by atoms with van der Waals surface area (Å²) in [5.74, 6) is 1.46. The van der Waals surface area contributed by atoms with Gasteiger partial charge < -0.3 is 0 Å². The van der Waals surface area contributed by atoms with Crippen LogP contribution in [-0.2, 0) is 0 Å². The normalized spacial score (nSPS) is 12.4. The van der Waals surface area contributed by atoms with E-state index in [1.165, 1.54) is 63.6 Å². The van der Waals surface area contributed by atoms with Gasteiger partial charge in [-0.15, -0.1) is 11.3 Å². The molecular formula is C49H33N3S. The van der Waals surface area contributed by atoms with E-state index >= 15 is 0 Å². The standard InChI is InChI=1S/C49H33N3S/c1-3-15-34(16-4-2)49-50-41(33-19-6-5-7-20-33)30-44(51-49)52-42-28-27-32-18-9-11-23-36(32)45(42)40-29-39(37-25-14-21-31-17-8-10-22-35(31)37)48-46(47(40)52)38-24-12-13-26-43(38)53-48/h3-30H,1H2,2H3/b16-4-,34-15+. The van der Waals surface area contributed by atoms with E-state index < -0.39 is 0 Å². The topological polar surface area (TPSA) is 30.7 Å². The molecule has 0 atom stereocenters. The molecule has 4 heteroatoms. The molecule has 0 bridgehead atoms. The minimum Gasteiger partial charge on any atom is -0.293 e. The molecule has 53 heavy (non-hydrogen) atoms. The van der Waals surface area contributed by atoms with E-state index in [-0.39, 0.29) is 0 Å². The van der Waals surface area contributed by atoms with Crippen LogP contribution in [0.5, 0.6) is 0 Å². The fourth-order valence-electron chi connectivity index (χ4n) is 8.00. The van der Waals surface area contributed by atoms with E-state index in [0.717, 1.165) is 33.7 Å². The second-order valence-corrected chi connectivity index (χ2v) is 14.4. The van der Waals surface area contributed by atoms with Gasteiger partial charge in [0.05, 0.1) is 16.7 Å². The quantitative estimate of drug-likeness (QED) is 0.162. The number of hydrogen-bond donors (Lipinski definition) is 0. The van der Waals surface area contributed by atoms with Crippen LogP contribution in [0.25, 0.3) is 97.3 Å². The molecule has 0 radical (unpaired) electrons. The van der Waals surface area contributed by atoms with E-state index in [1.807, 2.05) is 36.5 Å². The molecule has 10 aromatic rings. The minimum atomic E-state index is 0.647. The van der Waals surface area contributed by atoms with Gasteiger partial charge in [-0.2, -0.15) is 0 Å². The van der Waals surface area contributed by atoms with E-state index in [4.69, 9.17) is 9.97 Å². The van der Waals surface area contributed by atoms with Crippen LogP contribution >= 0.6 is 11.3 Å². The molecule has 0 aliphatic rings. The van der Waals surface area contributed by atoms with Crippen LogP contribution in [0.3, 0.4) is 0 Å². The lowest BCUT2D eigenvalue weighted by molar-refractivity contribution is 1.02. The molecule has 250 valence electrons. The lowest BCUT2D eigenvalue weighted by Crippen LogP contribution is -2.04. The lowest BCUT2D eigenvalue weighted by Gasteiger charge is -2.14. The summed E-state index contributed by atoms with van der Waals surface area (Å²) in [4.78, 5) is 10.6. The Morgan fingerprint density at radius 1 is 0.642 bits per heavy atom. The van der Waals surface area contributed by atoms with Crippen molar-refractivity contribution in [3.8, 4) is 28.2 Å². The van der Waals surface area contributed by atoms with Crippen molar-refractivity contribution in [3.05, 3.63) is 182 Å². The zero-order valence-corrected chi connectivity index (χ0v) is 29.9. The van der Waals surface area contributed by atoms with Crippen LogP contribution < -0.4 is 0 Å². The first kappa shape index (κ1) is 31.1. The first-order valence-electron chi connectivity index (χ1n) is 17.9. The van der Waals surface area contributed by atoms with Gasteiger partial charge in [-0.1, -0.05) is 152 Å². The van der Waals surface area contributed by atoms with Crippen molar-refractivity contribution in [2.24, 2.45) is 0 Å². The fraction of sp³-hybridized carbons (Fsp3) is 0.0204. The maximum absolute atomic E-state index is 5.40. The smallest absolute Gasteiger partial charge is 0.162 e. The number of fused-ring (bicyclic) bond motifs is 10. The van der Waals surface area contributed by atoms with Crippen LogP contribution in [-0.4, -0.2) is 14.5 Å². The van der Waals surface area contributed by atoms with Crippen LogP contribution in [0.15, 0.2) is 176 Å². The predicted molar refractivity (Wildman–Crippen MR) is 228 cm³/mol. The zero-order valence-electron chi connectivity index (χ0n) is 29.1. The lowest BCUT2D eigenvalue weighted by atomic mass is 9.94. The highest BCUT2D eigenvalue weighted by Gasteiger charge is 2.24. The van der Waals surface area contributed by atoms with Gasteiger partial charge in [-0.05, 0) is 52.2 Å². The number of rotatable bonds is 6. The number of nitrogens with zero attached hydrogens (tertiary/aromatic N) is 3. The molecule has 0 aliphatic carbocycles. The van der Waals surface area contributed by atoms with Crippen molar-refractivity contribution in [1.82, 2.24) is 14.5 Å². The molecule has 0 fully saturated rings. The third-order valence-corrected chi connectivity index (χ3v) is 11.5. The number of hydrogen-bond acceptors (Lipinski definition) is 3. The van der Waals surface area contributed by atoms with Crippen molar-refractivity contribution in [1.29, 1.82) is 0 Å². The predicted octanol–water partition coefficient (Wildman–Crippen LogP) is 13.7. The maximum atomic E-state index is 5.40. The Morgan fingerprint density at radius 2 is 1.36 bits per heavy atom. The van der Waals surface area contributed by atoms with Crippen LogP contribution in [0.2, 0.25) is 0 Å². The summed E-state index contributed by atoms with van der Waals surface area (Å²) < 4.78 is 4.92. The first-order valence-corrected chi connectivity index (χ1v) is 18.7. The maximum Gasteiger partial charge on any atom is 0.162 e. The summed E-state index contributed by atoms with van der Waals surface area (Å²) in [6, 6.07) is 52.5. The van der Waals surface area contributed by atoms with Crippen LogP contribution in [0.4, 0.5) is 0 Å². The van der Waals surface area contributed by atoms with E-state index in [9.17, 15) is 0 Å². The van der Waals surface area contributed by atoms with Gasteiger partial charge in [-0.3, -0.25) is 4.57 Å². The molecule has 10 rings (SSSR count). The Labute approximate surface area is 311 Å². The van der Waals surface area contributed by atoms with Gasteiger partial charge in [0.15, 0.2) is 5.82 Å². The highest BCUT2D eigenvalue weighted by atomic mass is 32.1. The van der Waals surface area contributed by atoms with E-state index in [2.05, 4.69) is 157 Å². The summed E-state index contributed by atoms with van der Waals surface area (Å²) >= 11 is 1.87. The largest absolute Gasteiger partial charge is 0.293 e. The molecule has 3 nitrogen and oxygen atoms in total. The second-order valence-electron chi connectivity index (χ2n) is 13.3. The molecule has 0 aliphatic heterocycles. The molecule has 0 amide bonds. The monoisotopic (exact) mass is 695 g/mol. The third kappa shape index (κ3) is 4.95. The summed E-state index contributed by atoms with van der Waals surface area (Å²) in [7, 11) is 0. The summed E-state index contributed by atoms with van der Waals surface area (Å²) in [6.07, 6.45) is 7.86. The van der Waals surface area contributed by atoms with E-state index in [0.29, 0.717) is 5.82 Å². The van der Waals surface area contributed by atoms with Crippen molar-refractivity contribution in [2.75, 3.05) is 0 Å². The van der Waals surface area contributed by atoms with Gasteiger partial charge in [0, 0.05) is 53.7 Å². The Bertz CT molecular complexity index is 3140. The third-order valence-electron chi connectivity index (χ3n) is 10.3. The SMILES string of the molecule is C=C/C=C(\C=C/C)c1nc(-c2ccccc2)cc(-n2c3ccc4ccccc4c3c3cc(-c4cccc5ccccc45)c4sc5ccccc5c4c32)n1. The molecule has 3 aromatic heterocycles.